The summed E-state index contributed by atoms with van der Waals surface area (Å²) in [6.45, 7) is 1.07. The Bertz CT molecular complexity index is 1170. The van der Waals surface area contributed by atoms with Crippen molar-refractivity contribution in [3.05, 3.63) is 89.5 Å². The number of nitrogens with one attached hydrogen (secondary N) is 2. The van der Waals surface area contributed by atoms with Crippen LogP contribution in [0, 0.1) is 0 Å². The van der Waals surface area contributed by atoms with Gasteiger partial charge in [0.15, 0.2) is 6.61 Å². The van der Waals surface area contributed by atoms with E-state index in [9.17, 15) is 9.59 Å². The van der Waals surface area contributed by atoms with Crippen molar-refractivity contribution in [1.82, 2.24) is 10.4 Å². The first-order chi connectivity index (χ1) is 17.6. The number of carbonyl (C=O) groups is 2. The SMILES string of the molecule is COc1ccc(NC(=O)[C@@H]2Cc3ccc(OCC(=O)NO)cc3CN2CCCc2ccccc2)cc1. The van der Waals surface area contributed by atoms with E-state index in [1.807, 2.05) is 54.6 Å². The topological polar surface area (TPSA) is 100 Å². The van der Waals surface area contributed by atoms with Crippen molar-refractivity contribution >= 4 is 17.5 Å². The molecule has 2 amide bonds. The Kier molecular flexibility index (Phi) is 8.54. The molecule has 0 saturated carbocycles. The van der Waals surface area contributed by atoms with Crippen LogP contribution >= 0.6 is 0 Å². The van der Waals surface area contributed by atoms with Gasteiger partial charge in [-0.3, -0.25) is 19.7 Å². The number of hydroxylamine groups is 1. The molecule has 1 aliphatic rings. The first-order valence-electron chi connectivity index (χ1n) is 12.0. The number of nitrogens with zero attached hydrogens (tertiary/aromatic N) is 1. The Morgan fingerprint density at radius 1 is 1.00 bits per heavy atom. The standard InChI is InChI=1S/C28H31N3O5/c1-35-24-13-10-23(11-14-24)29-28(33)26-17-21-9-12-25(36-19-27(32)30-34)16-22(21)18-31(26)15-5-8-20-6-3-2-4-7-20/h2-4,6-7,9-14,16,26,34H,5,8,15,17-19H2,1H3,(H,29,33)(H,30,32)/t26-/m0/s1. The summed E-state index contributed by atoms with van der Waals surface area (Å²) < 4.78 is 10.7. The van der Waals surface area contributed by atoms with Crippen LogP contribution in [0.4, 0.5) is 5.69 Å². The van der Waals surface area contributed by atoms with Gasteiger partial charge in [-0.2, -0.15) is 0 Å². The molecule has 8 heteroatoms. The zero-order valence-corrected chi connectivity index (χ0v) is 20.3. The van der Waals surface area contributed by atoms with Gasteiger partial charge in [-0.1, -0.05) is 36.4 Å². The molecule has 1 aliphatic heterocycles. The highest BCUT2D eigenvalue weighted by molar-refractivity contribution is 5.95. The van der Waals surface area contributed by atoms with E-state index in [1.54, 1.807) is 18.7 Å². The van der Waals surface area contributed by atoms with Crippen molar-refractivity contribution in [3.63, 3.8) is 0 Å². The number of hydrogen-bond acceptors (Lipinski definition) is 6. The van der Waals surface area contributed by atoms with Crippen molar-refractivity contribution in [2.24, 2.45) is 0 Å². The molecule has 0 fully saturated rings. The van der Waals surface area contributed by atoms with Crippen LogP contribution in [0.25, 0.3) is 0 Å². The Morgan fingerprint density at radius 2 is 1.75 bits per heavy atom. The Labute approximate surface area is 210 Å². The fourth-order valence-electron chi connectivity index (χ4n) is 4.41. The maximum Gasteiger partial charge on any atom is 0.281 e. The van der Waals surface area contributed by atoms with Crippen LogP contribution in [0.15, 0.2) is 72.8 Å². The second-order valence-corrected chi connectivity index (χ2v) is 8.75. The van der Waals surface area contributed by atoms with E-state index >= 15 is 0 Å². The number of rotatable bonds is 10. The fourth-order valence-corrected chi connectivity index (χ4v) is 4.41. The molecule has 8 nitrogen and oxygen atoms in total. The van der Waals surface area contributed by atoms with Crippen molar-refractivity contribution in [2.75, 3.05) is 25.6 Å². The zero-order chi connectivity index (χ0) is 25.3. The lowest BCUT2D eigenvalue weighted by Gasteiger charge is -2.36. The largest absolute Gasteiger partial charge is 0.497 e. The maximum absolute atomic E-state index is 13.4. The number of amides is 2. The first kappa shape index (κ1) is 25.2. The first-order valence-corrected chi connectivity index (χ1v) is 12.0. The minimum Gasteiger partial charge on any atom is -0.497 e. The molecule has 1 atom stereocenters. The third kappa shape index (κ3) is 6.62. The van der Waals surface area contributed by atoms with Crippen LogP contribution in [0.5, 0.6) is 11.5 Å². The van der Waals surface area contributed by atoms with E-state index in [4.69, 9.17) is 14.7 Å². The van der Waals surface area contributed by atoms with E-state index in [1.165, 1.54) is 5.56 Å². The number of hydrogen-bond donors (Lipinski definition) is 3. The van der Waals surface area contributed by atoms with Gasteiger partial charge >= 0.3 is 0 Å². The Morgan fingerprint density at radius 3 is 2.47 bits per heavy atom. The normalized spacial score (nSPS) is 15.0. The van der Waals surface area contributed by atoms with Crippen molar-refractivity contribution in [2.45, 2.75) is 31.8 Å². The lowest BCUT2D eigenvalue weighted by atomic mass is 9.92. The molecule has 0 spiro atoms. The van der Waals surface area contributed by atoms with Crippen LogP contribution < -0.4 is 20.3 Å². The van der Waals surface area contributed by atoms with Crippen molar-refractivity contribution in [3.8, 4) is 11.5 Å². The van der Waals surface area contributed by atoms with Crippen LogP contribution in [-0.4, -0.2) is 48.2 Å². The van der Waals surface area contributed by atoms with Crippen molar-refractivity contribution in [1.29, 1.82) is 0 Å². The average Bonchev–Trinajstić information content (AvgIpc) is 2.92. The molecule has 3 N–H and O–H groups in total. The van der Waals surface area contributed by atoms with Gasteiger partial charge in [-0.05, 0) is 78.9 Å². The number of methoxy groups -OCH3 is 1. The molecule has 36 heavy (non-hydrogen) atoms. The summed E-state index contributed by atoms with van der Waals surface area (Å²) >= 11 is 0. The highest BCUT2D eigenvalue weighted by Crippen LogP contribution is 2.28. The highest BCUT2D eigenvalue weighted by atomic mass is 16.5. The number of ether oxygens (including phenoxy) is 2. The van der Waals surface area contributed by atoms with Gasteiger partial charge in [-0.15, -0.1) is 0 Å². The summed E-state index contributed by atoms with van der Waals surface area (Å²) in [5.74, 6) is 0.607. The molecule has 0 unspecified atom stereocenters. The van der Waals surface area contributed by atoms with Crippen molar-refractivity contribution < 1.29 is 24.3 Å². The Balaban J connectivity index is 1.48. The van der Waals surface area contributed by atoms with Crippen LogP contribution in [0.3, 0.4) is 0 Å². The van der Waals surface area contributed by atoms with Gasteiger partial charge in [0.05, 0.1) is 13.2 Å². The van der Waals surface area contributed by atoms with Crippen LogP contribution in [0.1, 0.15) is 23.1 Å². The maximum atomic E-state index is 13.4. The molecule has 0 aromatic heterocycles. The molecule has 0 bridgehead atoms. The minimum absolute atomic E-state index is 0.0505. The second kappa shape index (κ2) is 12.2. The van der Waals surface area contributed by atoms with E-state index in [0.717, 1.165) is 42.0 Å². The third-order valence-electron chi connectivity index (χ3n) is 6.31. The predicted octanol–water partition coefficient (Wildman–Crippen LogP) is 3.58. The van der Waals surface area contributed by atoms with Crippen LogP contribution in [-0.2, 0) is 29.0 Å². The molecule has 3 aromatic rings. The van der Waals surface area contributed by atoms with Gasteiger partial charge in [0.25, 0.3) is 5.91 Å². The lowest BCUT2D eigenvalue weighted by molar-refractivity contribution is -0.131. The molecule has 188 valence electrons. The molecule has 4 rings (SSSR count). The molecule has 0 aliphatic carbocycles. The minimum atomic E-state index is -0.620. The number of carbonyl (C=O) groups excluding carboxylic acids is 2. The Hall–Kier alpha value is -3.88. The third-order valence-corrected chi connectivity index (χ3v) is 6.31. The smallest absolute Gasteiger partial charge is 0.281 e. The van der Waals surface area contributed by atoms with Crippen LogP contribution in [0.2, 0.25) is 0 Å². The van der Waals surface area contributed by atoms with Gasteiger partial charge in [0.1, 0.15) is 11.5 Å². The monoisotopic (exact) mass is 489 g/mol. The van der Waals surface area contributed by atoms with E-state index in [0.29, 0.717) is 18.7 Å². The van der Waals surface area contributed by atoms with Gasteiger partial charge in [0, 0.05) is 12.2 Å². The molecular formula is C28H31N3O5. The summed E-state index contributed by atoms with van der Waals surface area (Å²) in [5.41, 5.74) is 5.69. The average molecular weight is 490 g/mol. The summed E-state index contributed by atoms with van der Waals surface area (Å²) in [6.07, 6.45) is 2.41. The van der Waals surface area contributed by atoms with Gasteiger partial charge < -0.3 is 14.8 Å². The molecular weight excluding hydrogens is 458 g/mol. The summed E-state index contributed by atoms with van der Waals surface area (Å²) in [4.78, 5) is 26.9. The fraction of sp³-hybridized carbons (Fsp3) is 0.286. The van der Waals surface area contributed by atoms with E-state index < -0.39 is 5.91 Å². The summed E-state index contributed by atoms with van der Waals surface area (Å²) in [7, 11) is 1.61. The molecule has 0 radical (unpaired) electrons. The number of benzene rings is 3. The van der Waals surface area contributed by atoms with Gasteiger partial charge in [0.2, 0.25) is 5.91 Å². The zero-order valence-electron chi connectivity index (χ0n) is 20.3. The lowest BCUT2D eigenvalue weighted by Crippen LogP contribution is -2.48. The molecule has 3 aromatic carbocycles. The van der Waals surface area contributed by atoms with E-state index in [2.05, 4.69) is 22.3 Å². The number of anilines is 1. The number of aryl methyl sites for hydroxylation is 1. The van der Waals surface area contributed by atoms with Gasteiger partial charge in [-0.25, -0.2) is 5.48 Å². The second-order valence-electron chi connectivity index (χ2n) is 8.75. The molecule has 0 saturated heterocycles. The number of fused-ring (bicyclic) bond motifs is 1. The quantitative estimate of drug-likeness (QED) is 0.297. The summed E-state index contributed by atoms with van der Waals surface area (Å²) in [6, 6.07) is 22.9. The van der Waals surface area contributed by atoms with E-state index in [-0.39, 0.29) is 18.6 Å². The highest BCUT2D eigenvalue weighted by Gasteiger charge is 2.31. The predicted molar refractivity (Wildman–Crippen MR) is 136 cm³/mol. The summed E-state index contributed by atoms with van der Waals surface area (Å²) in [5, 5.41) is 11.7. The molecule has 1 heterocycles.